The average molecular weight is 394 g/mol. The largest absolute Gasteiger partial charge is 0.493 e. The van der Waals surface area contributed by atoms with E-state index in [0.29, 0.717) is 18.8 Å². The molecular formula is C19H27FN4O4. The van der Waals surface area contributed by atoms with Gasteiger partial charge in [0.05, 0.1) is 19.8 Å². The number of ether oxygens (including phenoxy) is 1. The van der Waals surface area contributed by atoms with Crippen LogP contribution in [0.15, 0.2) is 15.4 Å². The number of halogens is 1. The molecule has 3 aliphatic rings. The SMILES string of the molecule is COC1=C(F)C(N2CCC(C(N)CO)C2)C(C)c2c1c(=O)[nH]c(=O)n2C1CC1. The van der Waals surface area contributed by atoms with Gasteiger partial charge in [0.1, 0.15) is 5.56 Å². The molecule has 9 heteroatoms. The molecule has 4 atom stereocenters. The van der Waals surface area contributed by atoms with E-state index in [1.54, 1.807) is 4.57 Å². The fraction of sp³-hybridized carbons (Fsp3) is 0.684. The second kappa shape index (κ2) is 7.13. The summed E-state index contributed by atoms with van der Waals surface area (Å²) in [6.07, 6.45) is 2.49. The first-order chi connectivity index (χ1) is 13.4. The topological polar surface area (TPSA) is 114 Å². The highest BCUT2D eigenvalue weighted by Crippen LogP contribution is 2.45. The van der Waals surface area contributed by atoms with Crippen molar-refractivity contribution in [3.05, 3.63) is 37.9 Å². The highest BCUT2D eigenvalue weighted by atomic mass is 19.1. The van der Waals surface area contributed by atoms with E-state index >= 15 is 4.39 Å². The van der Waals surface area contributed by atoms with Gasteiger partial charge in [-0.1, -0.05) is 6.92 Å². The summed E-state index contributed by atoms with van der Waals surface area (Å²) < 4.78 is 22.5. The van der Waals surface area contributed by atoms with Crippen LogP contribution < -0.4 is 17.0 Å². The predicted molar refractivity (Wildman–Crippen MR) is 102 cm³/mol. The molecule has 2 fully saturated rings. The van der Waals surface area contributed by atoms with Gasteiger partial charge in [-0.3, -0.25) is 19.2 Å². The molecule has 1 aromatic heterocycles. The van der Waals surface area contributed by atoms with E-state index in [9.17, 15) is 14.7 Å². The van der Waals surface area contributed by atoms with Gasteiger partial charge in [0.25, 0.3) is 5.56 Å². The minimum Gasteiger partial charge on any atom is -0.493 e. The van der Waals surface area contributed by atoms with Gasteiger partial charge in [-0.25, -0.2) is 9.18 Å². The Morgan fingerprint density at radius 3 is 2.68 bits per heavy atom. The Morgan fingerprint density at radius 1 is 1.36 bits per heavy atom. The van der Waals surface area contributed by atoms with Crippen molar-refractivity contribution in [2.75, 3.05) is 26.8 Å². The second-order valence-corrected chi connectivity index (χ2v) is 8.13. The van der Waals surface area contributed by atoms with Crippen molar-refractivity contribution in [3.8, 4) is 0 Å². The maximum Gasteiger partial charge on any atom is 0.328 e. The summed E-state index contributed by atoms with van der Waals surface area (Å²) in [5, 5.41) is 9.35. The zero-order chi connectivity index (χ0) is 20.2. The second-order valence-electron chi connectivity index (χ2n) is 8.13. The summed E-state index contributed by atoms with van der Waals surface area (Å²) in [4.78, 5) is 29.4. The number of likely N-dealkylation sites (tertiary alicyclic amines) is 1. The van der Waals surface area contributed by atoms with E-state index in [2.05, 4.69) is 4.98 Å². The number of nitrogens with one attached hydrogen (secondary N) is 1. The number of aromatic amines is 1. The van der Waals surface area contributed by atoms with Crippen LogP contribution in [0.25, 0.3) is 5.76 Å². The van der Waals surface area contributed by atoms with Gasteiger partial charge in [-0.15, -0.1) is 0 Å². The van der Waals surface area contributed by atoms with Gasteiger partial charge in [-0.05, 0) is 31.7 Å². The van der Waals surface area contributed by atoms with Crippen LogP contribution in [0.3, 0.4) is 0 Å². The summed E-state index contributed by atoms with van der Waals surface area (Å²) in [5.41, 5.74) is 5.59. The number of methoxy groups -OCH3 is 1. The smallest absolute Gasteiger partial charge is 0.328 e. The molecule has 0 amide bonds. The normalized spacial score (nSPS) is 29.1. The Morgan fingerprint density at radius 2 is 2.07 bits per heavy atom. The number of H-pyrrole nitrogens is 1. The lowest BCUT2D eigenvalue weighted by molar-refractivity contribution is 0.181. The lowest BCUT2D eigenvalue weighted by atomic mass is 9.85. The van der Waals surface area contributed by atoms with Crippen molar-refractivity contribution in [2.45, 2.75) is 50.2 Å². The zero-order valence-electron chi connectivity index (χ0n) is 16.2. The van der Waals surface area contributed by atoms with Crippen LogP contribution >= 0.6 is 0 Å². The number of hydrogen-bond acceptors (Lipinski definition) is 6. The highest BCUT2D eigenvalue weighted by Gasteiger charge is 2.45. The molecule has 1 aromatic rings. The number of fused-ring (bicyclic) bond motifs is 1. The fourth-order valence-corrected chi connectivity index (χ4v) is 4.79. The molecule has 4 unspecified atom stereocenters. The summed E-state index contributed by atoms with van der Waals surface area (Å²) in [6.45, 7) is 2.92. The number of nitrogens with zero attached hydrogens (tertiary/aromatic N) is 2. The van der Waals surface area contributed by atoms with E-state index in [1.165, 1.54) is 7.11 Å². The van der Waals surface area contributed by atoms with Crippen LogP contribution in [-0.4, -0.2) is 58.4 Å². The number of hydrogen-bond donors (Lipinski definition) is 3. The monoisotopic (exact) mass is 394 g/mol. The molecule has 1 saturated carbocycles. The Labute approximate surface area is 161 Å². The quantitative estimate of drug-likeness (QED) is 0.661. The summed E-state index contributed by atoms with van der Waals surface area (Å²) in [6, 6.07) is -0.947. The summed E-state index contributed by atoms with van der Waals surface area (Å²) >= 11 is 0. The van der Waals surface area contributed by atoms with Crippen molar-refractivity contribution in [2.24, 2.45) is 11.7 Å². The van der Waals surface area contributed by atoms with E-state index in [-0.39, 0.29) is 35.9 Å². The molecule has 154 valence electrons. The number of aromatic nitrogens is 2. The van der Waals surface area contributed by atoms with Crippen molar-refractivity contribution < 1.29 is 14.2 Å². The van der Waals surface area contributed by atoms with Crippen LogP contribution in [0.2, 0.25) is 0 Å². The molecule has 0 aromatic carbocycles. The molecule has 0 spiro atoms. The predicted octanol–water partition coefficient (Wildman–Crippen LogP) is 0.283. The molecule has 4 N–H and O–H groups in total. The van der Waals surface area contributed by atoms with Gasteiger partial charge >= 0.3 is 5.69 Å². The Hall–Kier alpha value is -1.97. The Kier molecular flexibility index (Phi) is 4.93. The van der Waals surface area contributed by atoms with Crippen LogP contribution in [0.4, 0.5) is 4.39 Å². The fourth-order valence-electron chi connectivity index (χ4n) is 4.79. The highest BCUT2D eigenvalue weighted by molar-refractivity contribution is 5.67. The first-order valence-corrected chi connectivity index (χ1v) is 9.82. The molecule has 28 heavy (non-hydrogen) atoms. The molecule has 0 radical (unpaired) electrons. The number of aliphatic hydroxyl groups is 1. The van der Waals surface area contributed by atoms with Gasteiger partial charge < -0.3 is 15.6 Å². The van der Waals surface area contributed by atoms with Crippen LogP contribution in [0, 0.1) is 5.92 Å². The minimum atomic E-state index is -0.635. The van der Waals surface area contributed by atoms with E-state index < -0.39 is 29.0 Å². The van der Waals surface area contributed by atoms with Crippen LogP contribution in [0.5, 0.6) is 0 Å². The van der Waals surface area contributed by atoms with Gasteiger partial charge in [0, 0.05) is 30.2 Å². The minimum absolute atomic E-state index is 0.0367. The molecule has 1 aliphatic heterocycles. The number of aliphatic hydroxyl groups excluding tert-OH is 1. The molecular weight excluding hydrogens is 367 g/mol. The Bertz CT molecular complexity index is 919. The van der Waals surface area contributed by atoms with Crippen molar-refractivity contribution in [1.82, 2.24) is 14.5 Å². The third-order valence-corrected chi connectivity index (χ3v) is 6.37. The first-order valence-electron chi connectivity index (χ1n) is 9.82. The third-order valence-electron chi connectivity index (χ3n) is 6.37. The summed E-state index contributed by atoms with van der Waals surface area (Å²) in [5.74, 6) is -0.910. The van der Waals surface area contributed by atoms with Crippen molar-refractivity contribution >= 4 is 5.76 Å². The maximum atomic E-state index is 15.5. The van der Waals surface area contributed by atoms with E-state index in [0.717, 1.165) is 19.3 Å². The van der Waals surface area contributed by atoms with E-state index in [1.807, 2.05) is 11.8 Å². The molecule has 8 nitrogen and oxygen atoms in total. The van der Waals surface area contributed by atoms with Crippen LogP contribution in [-0.2, 0) is 4.74 Å². The number of rotatable bonds is 5. The molecule has 0 bridgehead atoms. The molecule has 4 rings (SSSR count). The zero-order valence-corrected chi connectivity index (χ0v) is 16.2. The average Bonchev–Trinajstić information content (AvgIpc) is 3.38. The molecule has 1 saturated heterocycles. The standard InChI is InChI=1S/C19H27FN4O4/c1-9-15-13(18(26)22-19(27)24(15)11-3-4-11)17(28-2)14(20)16(9)23-6-5-10(7-23)12(21)8-25/h9-12,16,25H,3-8,21H2,1-2H3,(H,22,26,27). The van der Waals surface area contributed by atoms with Crippen molar-refractivity contribution in [3.63, 3.8) is 0 Å². The van der Waals surface area contributed by atoms with Gasteiger partial charge in [-0.2, -0.15) is 0 Å². The van der Waals surface area contributed by atoms with Crippen LogP contribution in [0.1, 0.15) is 49.4 Å². The lowest BCUT2D eigenvalue weighted by Crippen LogP contribution is -2.46. The summed E-state index contributed by atoms with van der Waals surface area (Å²) in [7, 11) is 1.34. The van der Waals surface area contributed by atoms with E-state index in [4.69, 9.17) is 10.5 Å². The molecule has 2 heterocycles. The first kappa shape index (κ1) is 19.4. The number of nitrogens with two attached hydrogens (primary N) is 1. The lowest BCUT2D eigenvalue weighted by Gasteiger charge is -2.37. The van der Waals surface area contributed by atoms with Crippen molar-refractivity contribution in [1.29, 1.82) is 0 Å². The van der Waals surface area contributed by atoms with Gasteiger partial charge in [0.2, 0.25) is 0 Å². The third kappa shape index (κ3) is 2.92. The van der Waals surface area contributed by atoms with Gasteiger partial charge in [0.15, 0.2) is 11.6 Å². The Balaban J connectivity index is 1.82. The molecule has 2 aliphatic carbocycles. The maximum absolute atomic E-state index is 15.5.